The summed E-state index contributed by atoms with van der Waals surface area (Å²) in [6, 6.07) is 4.64. The number of nitro groups is 1. The van der Waals surface area contributed by atoms with Crippen LogP contribution in [-0.2, 0) is 4.79 Å². The molecular weight excluding hydrogens is 322 g/mol. The van der Waals surface area contributed by atoms with Crippen molar-refractivity contribution in [3.8, 4) is 0 Å². The van der Waals surface area contributed by atoms with E-state index in [1.165, 1.54) is 6.07 Å². The van der Waals surface area contributed by atoms with E-state index < -0.39 is 4.92 Å². The molecule has 0 N–H and O–H groups in total. The number of hydrogen-bond acceptors (Lipinski definition) is 4. The summed E-state index contributed by atoms with van der Waals surface area (Å²) in [5.41, 5.74) is 0.762. The molecule has 1 unspecified atom stereocenters. The van der Waals surface area contributed by atoms with E-state index in [1.807, 2.05) is 11.8 Å². The fourth-order valence-electron chi connectivity index (χ4n) is 4.07. The Balaban J connectivity index is 1.83. The minimum absolute atomic E-state index is 0.0645. The van der Waals surface area contributed by atoms with Crippen molar-refractivity contribution >= 4 is 17.5 Å². The first-order valence-corrected chi connectivity index (χ1v) is 8.61. The molecule has 2 aliphatic rings. The highest BCUT2D eigenvalue weighted by Crippen LogP contribution is 2.39. The van der Waals surface area contributed by atoms with Gasteiger partial charge in [-0.2, -0.15) is 0 Å². The summed E-state index contributed by atoms with van der Waals surface area (Å²) >= 11 is 0. The largest absolute Gasteiger partial charge is 0.342 e. The Morgan fingerprint density at radius 3 is 2.52 bits per heavy atom. The van der Waals surface area contributed by atoms with Crippen molar-refractivity contribution in [3.05, 3.63) is 39.4 Å². The van der Waals surface area contributed by atoms with Gasteiger partial charge < -0.3 is 9.80 Å². The van der Waals surface area contributed by atoms with Crippen LogP contribution in [-0.4, -0.2) is 52.7 Å². The zero-order chi connectivity index (χ0) is 18.2. The molecular formula is C18H23N3O4. The fourth-order valence-corrected chi connectivity index (χ4v) is 4.07. The number of nitro benzene ring substituents is 1. The minimum atomic E-state index is -0.501. The maximum atomic E-state index is 13.0. The number of hydrogen-bond donors (Lipinski definition) is 0. The van der Waals surface area contributed by atoms with Crippen LogP contribution < -0.4 is 0 Å². The third kappa shape index (κ3) is 3.36. The van der Waals surface area contributed by atoms with Gasteiger partial charge in [0, 0.05) is 44.6 Å². The van der Waals surface area contributed by atoms with Gasteiger partial charge in [-0.1, -0.05) is 6.07 Å². The van der Waals surface area contributed by atoms with Crippen molar-refractivity contribution in [1.82, 2.24) is 9.80 Å². The average Bonchev–Trinajstić information content (AvgIpc) is 2.97. The molecule has 3 rings (SSSR count). The first kappa shape index (κ1) is 17.4. The predicted molar refractivity (Wildman–Crippen MR) is 92.3 cm³/mol. The Kier molecular flexibility index (Phi) is 4.49. The molecule has 0 bridgehead atoms. The second-order valence-corrected chi connectivity index (χ2v) is 7.30. The molecule has 2 heterocycles. The summed E-state index contributed by atoms with van der Waals surface area (Å²) in [6.45, 7) is 5.94. The first-order valence-electron chi connectivity index (χ1n) is 8.61. The van der Waals surface area contributed by atoms with Crippen molar-refractivity contribution in [2.24, 2.45) is 5.41 Å². The van der Waals surface area contributed by atoms with E-state index in [1.54, 1.807) is 24.0 Å². The molecule has 0 saturated carbocycles. The van der Waals surface area contributed by atoms with Crippen molar-refractivity contribution in [3.63, 3.8) is 0 Å². The Morgan fingerprint density at radius 2 is 1.88 bits per heavy atom. The molecule has 7 nitrogen and oxygen atoms in total. The lowest BCUT2D eigenvalue weighted by molar-refractivity contribution is -0.385. The van der Waals surface area contributed by atoms with Crippen LogP contribution >= 0.6 is 0 Å². The lowest BCUT2D eigenvalue weighted by Crippen LogP contribution is -2.47. The predicted octanol–water partition coefficient (Wildman–Crippen LogP) is 2.38. The van der Waals surface area contributed by atoms with Crippen molar-refractivity contribution in [2.75, 3.05) is 26.2 Å². The molecule has 0 aromatic heterocycles. The molecule has 0 radical (unpaired) electrons. The zero-order valence-electron chi connectivity index (χ0n) is 14.7. The van der Waals surface area contributed by atoms with Crippen molar-refractivity contribution < 1.29 is 14.5 Å². The van der Waals surface area contributed by atoms with Gasteiger partial charge in [0.1, 0.15) is 5.56 Å². The summed E-state index contributed by atoms with van der Waals surface area (Å²) in [5, 5.41) is 11.3. The van der Waals surface area contributed by atoms with E-state index in [9.17, 15) is 19.7 Å². The van der Waals surface area contributed by atoms with E-state index >= 15 is 0 Å². The molecule has 134 valence electrons. The first-order chi connectivity index (χ1) is 11.8. The molecule has 1 spiro atoms. The number of rotatable bonds is 2. The Hall–Kier alpha value is -2.44. The molecule has 1 aromatic rings. The van der Waals surface area contributed by atoms with E-state index in [0.29, 0.717) is 19.6 Å². The van der Waals surface area contributed by atoms with Crippen LogP contribution in [0.1, 0.15) is 42.1 Å². The van der Waals surface area contributed by atoms with Crippen molar-refractivity contribution in [2.45, 2.75) is 33.1 Å². The van der Waals surface area contributed by atoms with Crippen LogP contribution in [0.15, 0.2) is 18.2 Å². The number of aryl methyl sites for hydroxylation is 1. The van der Waals surface area contributed by atoms with Gasteiger partial charge in [0.05, 0.1) is 4.92 Å². The third-order valence-electron chi connectivity index (χ3n) is 5.41. The van der Waals surface area contributed by atoms with Crippen LogP contribution in [0.5, 0.6) is 0 Å². The lowest BCUT2D eigenvalue weighted by atomic mass is 9.79. The quantitative estimate of drug-likeness (QED) is 0.608. The number of carbonyl (C=O) groups excluding carboxylic acids is 2. The van der Waals surface area contributed by atoms with E-state index in [0.717, 1.165) is 31.4 Å². The number of benzene rings is 1. The monoisotopic (exact) mass is 345 g/mol. The van der Waals surface area contributed by atoms with Gasteiger partial charge >= 0.3 is 0 Å². The molecule has 1 atom stereocenters. The second-order valence-electron chi connectivity index (χ2n) is 7.30. The molecule has 0 aliphatic carbocycles. The third-order valence-corrected chi connectivity index (χ3v) is 5.41. The van der Waals surface area contributed by atoms with Crippen LogP contribution in [0, 0.1) is 22.5 Å². The molecule has 1 aromatic carbocycles. The zero-order valence-corrected chi connectivity index (χ0v) is 14.7. The fraction of sp³-hybridized carbons (Fsp3) is 0.556. The number of amides is 2. The van der Waals surface area contributed by atoms with E-state index in [4.69, 9.17) is 0 Å². The van der Waals surface area contributed by atoms with Gasteiger partial charge in [-0.15, -0.1) is 0 Å². The summed E-state index contributed by atoms with van der Waals surface area (Å²) < 4.78 is 0. The second kappa shape index (κ2) is 6.46. The summed E-state index contributed by atoms with van der Waals surface area (Å²) in [6.07, 6.45) is 2.72. The van der Waals surface area contributed by atoms with Gasteiger partial charge in [0.2, 0.25) is 5.91 Å². The van der Waals surface area contributed by atoms with Crippen LogP contribution in [0.4, 0.5) is 5.69 Å². The van der Waals surface area contributed by atoms with Gasteiger partial charge in [0.15, 0.2) is 0 Å². The van der Waals surface area contributed by atoms with Gasteiger partial charge in [-0.05, 0) is 37.8 Å². The number of nitrogens with zero attached hydrogens (tertiary/aromatic N) is 3. The van der Waals surface area contributed by atoms with Gasteiger partial charge in [0.25, 0.3) is 11.6 Å². The molecule has 7 heteroatoms. The number of piperidine rings is 1. The highest BCUT2D eigenvalue weighted by atomic mass is 16.6. The van der Waals surface area contributed by atoms with E-state index in [-0.39, 0.29) is 28.5 Å². The molecule has 2 amide bonds. The highest BCUT2D eigenvalue weighted by molar-refractivity contribution is 5.98. The normalized spacial score (nSPS) is 23.1. The van der Waals surface area contributed by atoms with Crippen LogP contribution in [0.2, 0.25) is 0 Å². The molecule has 2 saturated heterocycles. The number of carbonyl (C=O) groups is 2. The van der Waals surface area contributed by atoms with Crippen LogP contribution in [0.3, 0.4) is 0 Å². The average molecular weight is 345 g/mol. The topological polar surface area (TPSA) is 83.8 Å². The van der Waals surface area contributed by atoms with Gasteiger partial charge in [-0.3, -0.25) is 19.7 Å². The maximum absolute atomic E-state index is 13.0. The lowest BCUT2D eigenvalue weighted by Gasteiger charge is -2.40. The molecule has 25 heavy (non-hydrogen) atoms. The Bertz CT molecular complexity index is 733. The molecule has 2 aliphatic heterocycles. The summed E-state index contributed by atoms with van der Waals surface area (Å²) in [7, 11) is 0. The van der Waals surface area contributed by atoms with E-state index in [2.05, 4.69) is 0 Å². The summed E-state index contributed by atoms with van der Waals surface area (Å²) in [4.78, 5) is 39.0. The SMILES string of the molecule is CC(=O)N1CCC2(CCCN(C(=O)c3cc(C)ccc3[N+](=O)[O-])C2)C1. The maximum Gasteiger partial charge on any atom is 0.282 e. The standard InChI is InChI=1S/C18H23N3O4/c1-13-4-5-16(21(24)25)15(10-13)17(23)20-8-3-6-18(12-20)7-9-19(11-18)14(2)22/h4-5,10H,3,6-9,11-12H2,1-2H3. The summed E-state index contributed by atoms with van der Waals surface area (Å²) in [5.74, 6) is -0.217. The minimum Gasteiger partial charge on any atom is -0.342 e. The Morgan fingerprint density at radius 1 is 1.16 bits per heavy atom. The van der Waals surface area contributed by atoms with Crippen molar-refractivity contribution in [1.29, 1.82) is 0 Å². The highest BCUT2D eigenvalue weighted by Gasteiger charge is 2.43. The smallest absolute Gasteiger partial charge is 0.282 e. The van der Waals surface area contributed by atoms with Gasteiger partial charge in [-0.25, -0.2) is 0 Å². The Labute approximate surface area is 146 Å². The molecule has 2 fully saturated rings. The van der Waals surface area contributed by atoms with Crippen LogP contribution in [0.25, 0.3) is 0 Å². The number of likely N-dealkylation sites (tertiary alicyclic amines) is 2.